The molecule has 1 aliphatic rings. The van der Waals surface area contributed by atoms with Crippen molar-refractivity contribution < 1.29 is 23.8 Å². The quantitative estimate of drug-likeness (QED) is 0.525. The molecule has 0 fully saturated rings. The maximum atomic E-state index is 13.2. The highest BCUT2D eigenvalue weighted by molar-refractivity contribution is 7.11. The van der Waals surface area contributed by atoms with Crippen LogP contribution in [0.3, 0.4) is 0 Å². The molecule has 1 aromatic carbocycles. The molecule has 2 aromatic rings. The number of rotatable bonds is 11. The summed E-state index contributed by atoms with van der Waals surface area (Å²) in [5.74, 6) is 0.515. The van der Waals surface area contributed by atoms with E-state index < -0.39 is 0 Å². The Hall–Kier alpha value is -2.84. The number of nitrogens with one attached hydrogen (secondary N) is 1. The fourth-order valence-electron chi connectivity index (χ4n) is 3.20. The van der Waals surface area contributed by atoms with E-state index in [0.717, 1.165) is 4.88 Å². The van der Waals surface area contributed by atoms with Crippen LogP contribution in [0.1, 0.15) is 32.6 Å². The van der Waals surface area contributed by atoms with E-state index in [9.17, 15) is 9.59 Å². The summed E-state index contributed by atoms with van der Waals surface area (Å²) in [7, 11) is 0. The predicted molar refractivity (Wildman–Crippen MR) is 121 cm³/mol. The Labute approximate surface area is 186 Å². The smallest absolute Gasteiger partial charge is 0.278 e. The molecule has 0 radical (unpaired) electrons. The van der Waals surface area contributed by atoms with Crippen LogP contribution in [0.15, 0.2) is 41.4 Å². The highest BCUT2D eigenvalue weighted by atomic mass is 32.1. The highest BCUT2D eigenvalue weighted by Crippen LogP contribution is 2.35. The Balaban J connectivity index is 1.91. The van der Waals surface area contributed by atoms with Gasteiger partial charge in [0.2, 0.25) is 0 Å². The van der Waals surface area contributed by atoms with Crippen molar-refractivity contribution in [1.82, 2.24) is 4.90 Å². The molecular weight excluding hydrogens is 416 g/mol. The van der Waals surface area contributed by atoms with E-state index in [-0.39, 0.29) is 36.8 Å². The molecule has 0 bridgehead atoms. The van der Waals surface area contributed by atoms with Crippen molar-refractivity contribution in [2.24, 2.45) is 0 Å². The van der Waals surface area contributed by atoms with E-state index in [0.29, 0.717) is 36.0 Å². The van der Waals surface area contributed by atoms with Crippen LogP contribution in [0.2, 0.25) is 0 Å². The van der Waals surface area contributed by atoms with E-state index in [2.05, 4.69) is 5.32 Å². The topological polar surface area (TPSA) is 77.1 Å². The van der Waals surface area contributed by atoms with Gasteiger partial charge in [0, 0.05) is 16.6 Å². The lowest BCUT2D eigenvalue weighted by molar-refractivity contribution is -0.137. The maximum absolute atomic E-state index is 13.2. The Morgan fingerprint density at radius 1 is 1.03 bits per heavy atom. The molecule has 0 spiro atoms. The second-order valence-corrected chi connectivity index (χ2v) is 8.01. The van der Waals surface area contributed by atoms with Gasteiger partial charge in [-0.15, -0.1) is 11.3 Å². The molecule has 0 saturated heterocycles. The molecule has 8 heteroatoms. The number of nitrogens with zero attached hydrogens (tertiary/aromatic N) is 1. The summed E-state index contributed by atoms with van der Waals surface area (Å²) in [6.45, 7) is 9.11. The molecule has 31 heavy (non-hydrogen) atoms. The normalized spacial score (nSPS) is 14.0. The van der Waals surface area contributed by atoms with Gasteiger partial charge in [-0.1, -0.05) is 6.07 Å². The summed E-state index contributed by atoms with van der Waals surface area (Å²) < 4.78 is 16.8. The van der Waals surface area contributed by atoms with Crippen molar-refractivity contribution in [2.75, 3.05) is 31.7 Å². The molecule has 0 aliphatic carbocycles. The van der Waals surface area contributed by atoms with Crippen molar-refractivity contribution in [3.63, 3.8) is 0 Å². The Morgan fingerprint density at radius 3 is 2.42 bits per heavy atom. The van der Waals surface area contributed by atoms with Gasteiger partial charge in [0.05, 0.1) is 38.0 Å². The fraction of sp³-hybridized carbons (Fsp3) is 0.391. The first-order valence-corrected chi connectivity index (χ1v) is 11.3. The van der Waals surface area contributed by atoms with Crippen LogP contribution >= 0.6 is 11.3 Å². The Bertz CT molecular complexity index is 953. The number of anilines is 1. The van der Waals surface area contributed by atoms with Crippen molar-refractivity contribution in [3.05, 3.63) is 46.3 Å². The standard InChI is InChI=1S/C23H28N2O5S/c1-5-28-17-10-9-16(14-18(17)29-6-2)24-21-20(19-8-7-13-31-19)22(26)25(23(21)27)11-12-30-15(3)4/h7-10,13-15,24H,5-6,11-12H2,1-4H3. The monoisotopic (exact) mass is 444 g/mol. The van der Waals surface area contributed by atoms with Crippen molar-refractivity contribution >= 4 is 34.4 Å². The third kappa shape index (κ3) is 5.26. The molecule has 166 valence electrons. The summed E-state index contributed by atoms with van der Waals surface area (Å²) in [4.78, 5) is 28.2. The minimum absolute atomic E-state index is 0.0240. The predicted octanol–water partition coefficient (Wildman–Crippen LogP) is 4.16. The molecule has 7 nitrogen and oxygen atoms in total. The van der Waals surface area contributed by atoms with Crippen LogP contribution in [0.4, 0.5) is 5.69 Å². The molecule has 2 amide bonds. The molecule has 2 heterocycles. The van der Waals surface area contributed by atoms with Gasteiger partial charge in [-0.25, -0.2) is 0 Å². The number of carbonyl (C=O) groups is 2. The molecule has 1 N–H and O–H groups in total. The summed E-state index contributed by atoms with van der Waals surface area (Å²) in [5, 5.41) is 5.04. The van der Waals surface area contributed by atoms with Gasteiger partial charge >= 0.3 is 0 Å². The minimum Gasteiger partial charge on any atom is -0.490 e. The van der Waals surface area contributed by atoms with Crippen molar-refractivity contribution in [2.45, 2.75) is 33.8 Å². The first-order valence-electron chi connectivity index (χ1n) is 10.4. The van der Waals surface area contributed by atoms with Crippen LogP contribution in [-0.4, -0.2) is 49.2 Å². The van der Waals surface area contributed by atoms with E-state index in [1.165, 1.54) is 16.2 Å². The molecular formula is C23H28N2O5S. The number of carbonyl (C=O) groups excluding carboxylic acids is 2. The first-order chi connectivity index (χ1) is 15.0. The molecule has 3 rings (SSSR count). The Morgan fingerprint density at radius 2 is 1.77 bits per heavy atom. The van der Waals surface area contributed by atoms with Crippen molar-refractivity contribution in [1.29, 1.82) is 0 Å². The molecule has 0 unspecified atom stereocenters. The lowest BCUT2D eigenvalue weighted by Gasteiger charge is -2.17. The minimum atomic E-state index is -0.368. The highest BCUT2D eigenvalue weighted by Gasteiger charge is 2.39. The third-order valence-corrected chi connectivity index (χ3v) is 5.40. The van der Waals surface area contributed by atoms with Crippen LogP contribution < -0.4 is 14.8 Å². The van der Waals surface area contributed by atoms with Crippen molar-refractivity contribution in [3.8, 4) is 11.5 Å². The molecule has 1 aliphatic heterocycles. The number of hydrogen-bond donors (Lipinski definition) is 1. The van der Waals surface area contributed by atoms with Gasteiger partial charge in [-0.05, 0) is 51.3 Å². The molecule has 0 saturated carbocycles. The van der Waals surface area contributed by atoms with Crippen LogP contribution in [0, 0.1) is 0 Å². The number of imide groups is 1. The van der Waals surface area contributed by atoms with E-state index in [1.54, 1.807) is 18.2 Å². The number of benzene rings is 1. The van der Waals surface area contributed by atoms with E-state index in [1.807, 2.05) is 45.2 Å². The summed E-state index contributed by atoms with van der Waals surface area (Å²) in [6.07, 6.45) is 0.0240. The SMILES string of the molecule is CCOc1ccc(NC2=C(c3cccs3)C(=O)N(CCOC(C)C)C2=O)cc1OCC. The second-order valence-electron chi connectivity index (χ2n) is 7.06. The van der Waals surface area contributed by atoms with Crippen LogP contribution in [0.25, 0.3) is 5.57 Å². The zero-order valence-corrected chi connectivity index (χ0v) is 19.1. The number of hydrogen-bond acceptors (Lipinski definition) is 7. The molecule has 1 aromatic heterocycles. The van der Waals surface area contributed by atoms with Gasteiger partial charge in [0.25, 0.3) is 11.8 Å². The lowest BCUT2D eigenvalue weighted by Crippen LogP contribution is -2.35. The van der Waals surface area contributed by atoms with Crippen LogP contribution in [0.5, 0.6) is 11.5 Å². The summed E-state index contributed by atoms with van der Waals surface area (Å²) in [5.41, 5.74) is 1.26. The maximum Gasteiger partial charge on any atom is 0.278 e. The lowest BCUT2D eigenvalue weighted by atomic mass is 10.2. The van der Waals surface area contributed by atoms with Gasteiger partial charge in [-0.3, -0.25) is 14.5 Å². The fourth-order valence-corrected chi connectivity index (χ4v) is 3.97. The number of amides is 2. The van der Waals surface area contributed by atoms with E-state index >= 15 is 0 Å². The third-order valence-electron chi connectivity index (χ3n) is 4.51. The average Bonchev–Trinajstić information content (AvgIpc) is 3.33. The number of thiophene rings is 1. The average molecular weight is 445 g/mol. The van der Waals surface area contributed by atoms with Gasteiger partial charge in [-0.2, -0.15) is 0 Å². The largest absolute Gasteiger partial charge is 0.490 e. The van der Waals surface area contributed by atoms with E-state index in [4.69, 9.17) is 14.2 Å². The first kappa shape index (κ1) is 22.8. The summed E-state index contributed by atoms with van der Waals surface area (Å²) in [6, 6.07) is 9.06. The number of ether oxygens (including phenoxy) is 3. The van der Waals surface area contributed by atoms with Gasteiger partial charge in [0.15, 0.2) is 11.5 Å². The summed E-state index contributed by atoms with van der Waals surface area (Å²) >= 11 is 1.42. The van der Waals surface area contributed by atoms with Gasteiger partial charge < -0.3 is 19.5 Å². The van der Waals surface area contributed by atoms with Crippen LogP contribution in [-0.2, 0) is 14.3 Å². The van der Waals surface area contributed by atoms with Gasteiger partial charge in [0.1, 0.15) is 5.70 Å². The molecule has 0 atom stereocenters. The zero-order chi connectivity index (χ0) is 22.4. The second kappa shape index (κ2) is 10.5. The Kier molecular flexibility index (Phi) is 7.70. The zero-order valence-electron chi connectivity index (χ0n) is 18.3.